The molecule has 2 aromatic rings. The van der Waals surface area contributed by atoms with Crippen LogP contribution in [0.1, 0.15) is 24.1 Å². The predicted molar refractivity (Wildman–Crippen MR) is 110 cm³/mol. The van der Waals surface area contributed by atoms with Crippen LogP contribution in [0, 0.1) is 12.8 Å². The van der Waals surface area contributed by atoms with E-state index in [1.54, 1.807) is 7.11 Å². The van der Waals surface area contributed by atoms with Crippen molar-refractivity contribution in [1.29, 1.82) is 0 Å². The number of hydrogen-bond acceptors (Lipinski definition) is 5. The third-order valence-electron chi connectivity index (χ3n) is 5.42. The van der Waals surface area contributed by atoms with E-state index in [1.165, 1.54) is 7.11 Å². The van der Waals surface area contributed by atoms with E-state index in [0.717, 1.165) is 16.8 Å². The van der Waals surface area contributed by atoms with Crippen LogP contribution in [0.3, 0.4) is 0 Å². The molecule has 0 aliphatic carbocycles. The minimum atomic E-state index is -1.09. The number of methoxy groups -OCH3 is 2. The van der Waals surface area contributed by atoms with Gasteiger partial charge in [-0.15, -0.1) is 0 Å². The zero-order chi connectivity index (χ0) is 20.1. The number of ether oxygens (including phenoxy) is 3. The number of nitrogens with one attached hydrogen (secondary N) is 1. The number of benzene rings is 2. The lowest BCUT2D eigenvalue weighted by atomic mass is 9.79. The SMILES string of the molecule is COC(=O)[C@H]1[C@H]2NC(=S)N(c3cccc(C)c3)[C@@]1(C)Oc1c(OC)cccc12. The fraction of sp³-hybridized carbons (Fsp3) is 0.333. The van der Waals surface area contributed by atoms with Crippen LogP contribution < -0.4 is 19.7 Å². The fourth-order valence-corrected chi connectivity index (χ4v) is 4.59. The minimum absolute atomic E-state index is 0.367. The number of fused-ring (bicyclic) bond motifs is 4. The van der Waals surface area contributed by atoms with Crippen LogP contribution >= 0.6 is 12.2 Å². The Labute approximate surface area is 169 Å². The lowest BCUT2D eigenvalue weighted by molar-refractivity contribution is -0.157. The topological polar surface area (TPSA) is 60.0 Å². The molecule has 1 saturated heterocycles. The van der Waals surface area contributed by atoms with Crippen molar-refractivity contribution in [1.82, 2.24) is 5.32 Å². The van der Waals surface area contributed by atoms with Crippen molar-refractivity contribution in [2.45, 2.75) is 25.6 Å². The van der Waals surface area contributed by atoms with Crippen LogP contribution in [-0.4, -0.2) is 31.0 Å². The number of nitrogens with zero attached hydrogens (tertiary/aromatic N) is 1. The summed E-state index contributed by atoms with van der Waals surface area (Å²) in [7, 11) is 2.98. The van der Waals surface area contributed by atoms with Crippen LogP contribution in [0.25, 0.3) is 0 Å². The first-order valence-electron chi connectivity index (χ1n) is 9.02. The Bertz CT molecular complexity index is 963. The summed E-state index contributed by atoms with van der Waals surface area (Å²) in [6, 6.07) is 13.2. The standard InChI is InChI=1S/C21H22N2O4S/c1-12-7-5-8-13(11-12)23-20(28)22-17-14-9-6-10-15(25-3)18(14)27-21(23,2)16(17)19(24)26-4/h5-11,16-17H,1-4H3,(H,22,28)/t16-,17+,21+/m1/s1. The maximum Gasteiger partial charge on any atom is 0.317 e. The van der Waals surface area contributed by atoms with Gasteiger partial charge >= 0.3 is 5.97 Å². The van der Waals surface area contributed by atoms with E-state index in [1.807, 2.05) is 61.2 Å². The molecule has 0 aromatic heterocycles. The van der Waals surface area contributed by atoms with Gasteiger partial charge in [-0.05, 0) is 49.8 Å². The van der Waals surface area contributed by atoms with Gasteiger partial charge in [-0.1, -0.05) is 24.3 Å². The minimum Gasteiger partial charge on any atom is -0.493 e. The second kappa shape index (κ2) is 6.67. The molecule has 0 unspecified atom stereocenters. The molecule has 1 N–H and O–H groups in total. The van der Waals surface area contributed by atoms with Crippen LogP contribution in [0.2, 0.25) is 0 Å². The van der Waals surface area contributed by atoms with Gasteiger partial charge in [0.15, 0.2) is 16.6 Å². The molecule has 0 amide bonds. The van der Waals surface area contributed by atoms with Crippen molar-refractivity contribution in [3.05, 3.63) is 53.6 Å². The van der Waals surface area contributed by atoms with Crippen LogP contribution in [-0.2, 0) is 9.53 Å². The fourth-order valence-electron chi connectivity index (χ4n) is 4.17. The van der Waals surface area contributed by atoms with Crippen LogP contribution in [0.5, 0.6) is 11.5 Å². The Morgan fingerprint density at radius 2 is 2.00 bits per heavy atom. The smallest absolute Gasteiger partial charge is 0.317 e. The highest BCUT2D eigenvalue weighted by Crippen LogP contribution is 2.52. The van der Waals surface area contributed by atoms with E-state index in [4.69, 9.17) is 26.4 Å². The molecule has 2 aliphatic rings. The first-order chi connectivity index (χ1) is 13.4. The van der Waals surface area contributed by atoms with E-state index in [9.17, 15) is 4.79 Å². The number of aryl methyl sites for hydroxylation is 1. The van der Waals surface area contributed by atoms with Gasteiger partial charge in [-0.3, -0.25) is 9.69 Å². The van der Waals surface area contributed by atoms with Crippen molar-refractivity contribution in [3.63, 3.8) is 0 Å². The lowest BCUT2D eigenvalue weighted by Crippen LogP contribution is -2.71. The molecule has 0 spiro atoms. The average Bonchev–Trinajstić information content (AvgIpc) is 2.66. The van der Waals surface area contributed by atoms with E-state index in [-0.39, 0.29) is 12.0 Å². The maximum atomic E-state index is 12.9. The molecule has 2 aromatic carbocycles. The van der Waals surface area contributed by atoms with Crippen molar-refractivity contribution >= 4 is 29.0 Å². The number of carbonyl (C=O) groups is 1. The average molecular weight is 398 g/mol. The third-order valence-corrected chi connectivity index (χ3v) is 5.72. The summed E-state index contributed by atoms with van der Waals surface area (Å²) in [5.41, 5.74) is 1.65. The first-order valence-corrected chi connectivity index (χ1v) is 9.42. The molecular weight excluding hydrogens is 376 g/mol. The molecule has 3 atom stereocenters. The molecule has 28 heavy (non-hydrogen) atoms. The van der Waals surface area contributed by atoms with Gasteiger partial charge in [-0.25, -0.2) is 0 Å². The molecule has 0 saturated carbocycles. The van der Waals surface area contributed by atoms with Gasteiger partial charge < -0.3 is 19.5 Å². The van der Waals surface area contributed by atoms with Crippen molar-refractivity contribution in [2.75, 3.05) is 19.1 Å². The molecule has 2 bridgehead atoms. The zero-order valence-electron chi connectivity index (χ0n) is 16.2. The molecule has 146 valence electrons. The lowest BCUT2D eigenvalue weighted by Gasteiger charge is -2.55. The number of thiocarbonyl (C=S) groups is 1. The van der Waals surface area contributed by atoms with Crippen LogP contribution in [0.4, 0.5) is 5.69 Å². The number of esters is 1. The quantitative estimate of drug-likeness (QED) is 0.629. The van der Waals surface area contributed by atoms with Gasteiger partial charge in [0.1, 0.15) is 5.92 Å². The summed E-state index contributed by atoms with van der Waals surface area (Å²) in [6.07, 6.45) is 0. The third kappa shape index (κ3) is 2.61. The Kier molecular flexibility index (Phi) is 4.42. The van der Waals surface area contributed by atoms with Gasteiger partial charge in [0.2, 0.25) is 5.72 Å². The first kappa shape index (κ1) is 18.6. The summed E-state index contributed by atoms with van der Waals surface area (Å²) in [5, 5.41) is 3.83. The summed E-state index contributed by atoms with van der Waals surface area (Å²) >= 11 is 5.70. The maximum absolute atomic E-state index is 12.9. The van der Waals surface area contributed by atoms with Gasteiger partial charge in [0.25, 0.3) is 0 Å². The number of carbonyl (C=O) groups excluding carboxylic acids is 1. The van der Waals surface area contributed by atoms with Gasteiger partial charge in [0.05, 0.1) is 20.3 Å². The Morgan fingerprint density at radius 1 is 1.25 bits per heavy atom. The number of para-hydroxylation sites is 1. The monoisotopic (exact) mass is 398 g/mol. The van der Waals surface area contributed by atoms with E-state index in [2.05, 4.69) is 5.32 Å². The molecule has 2 heterocycles. The van der Waals surface area contributed by atoms with E-state index < -0.39 is 11.6 Å². The summed E-state index contributed by atoms with van der Waals surface area (Å²) < 4.78 is 17.2. The normalized spacial score (nSPS) is 25.3. The second-order valence-electron chi connectivity index (χ2n) is 7.14. The molecule has 2 aliphatic heterocycles. The van der Waals surface area contributed by atoms with Crippen molar-refractivity contribution < 1.29 is 19.0 Å². The number of rotatable bonds is 3. The van der Waals surface area contributed by atoms with Crippen molar-refractivity contribution in [2.24, 2.45) is 5.92 Å². The summed E-state index contributed by atoms with van der Waals surface area (Å²) in [6.45, 7) is 3.87. The highest BCUT2D eigenvalue weighted by molar-refractivity contribution is 7.80. The molecule has 6 nitrogen and oxygen atoms in total. The zero-order valence-corrected chi connectivity index (χ0v) is 17.0. The van der Waals surface area contributed by atoms with Gasteiger partial charge in [0, 0.05) is 11.3 Å². The molecular formula is C21H22N2O4S. The molecule has 0 radical (unpaired) electrons. The Morgan fingerprint density at radius 3 is 2.68 bits per heavy atom. The predicted octanol–water partition coefficient (Wildman–Crippen LogP) is 3.34. The Balaban J connectivity index is 1.94. The Hall–Kier alpha value is -2.80. The molecule has 1 fully saturated rings. The van der Waals surface area contributed by atoms with E-state index >= 15 is 0 Å². The molecule has 7 heteroatoms. The number of anilines is 1. The highest BCUT2D eigenvalue weighted by Gasteiger charge is 2.60. The second-order valence-corrected chi connectivity index (χ2v) is 7.52. The summed E-state index contributed by atoms with van der Waals surface area (Å²) in [5.74, 6) is 0.207. The van der Waals surface area contributed by atoms with Crippen molar-refractivity contribution in [3.8, 4) is 11.5 Å². The molecule has 4 rings (SSSR count). The highest BCUT2D eigenvalue weighted by atomic mass is 32.1. The number of hydrogen-bond donors (Lipinski definition) is 1. The van der Waals surface area contributed by atoms with Crippen LogP contribution in [0.15, 0.2) is 42.5 Å². The largest absolute Gasteiger partial charge is 0.493 e. The summed E-state index contributed by atoms with van der Waals surface area (Å²) in [4.78, 5) is 14.7. The van der Waals surface area contributed by atoms with E-state index in [0.29, 0.717) is 16.6 Å². The van der Waals surface area contributed by atoms with Gasteiger partial charge in [-0.2, -0.15) is 0 Å².